The van der Waals surface area contributed by atoms with E-state index in [2.05, 4.69) is 53.5 Å². The molecule has 4 atom stereocenters. The molecule has 2 aromatic carbocycles. The number of aromatic nitrogens is 2. The number of rotatable bonds is 7. The number of carbonyl (C=O) groups is 1. The summed E-state index contributed by atoms with van der Waals surface area (Å²) in [7, 11) is 3.93. The van der Waals surface area contributed by atoms with E-state index in [1.54, 1.807) is 6.07 Å². The first-order valence-electron chi connectivity index (χ1n) is 11.9. The van der Waals surface area contributed by atoms with Gasteiger partial charge in [0, 0.05) is 31.1 Å². The Morgan fingerprint density at radius 1 is 1.20 bits per heavy atom. The van der Waals surface area contributed by atoms with Gasteiger partial charge in [0.05, 0.1) is 23.1 Å². The summed E-state index contributed by atoms with van der Waals surface area (Å²) >= 11 is 0. The number of benzene rings is 2. The van der Waals surface area contributed by atoms with Gasteiger partial charge in [-0.25, -0.2) is 4.63 Å². The number of non-ortho nitro benzene ring substituents is 1. The summed E-state index contributed by atoms with van der Waals surface area (Å²) in [4.78, 5) is 28.3. The molecule has 184 valence electrons. The fourth-order valence-electron chi connectivity index (χ4n) is 5.74. The Balaban J connectivity index is 1.29. The molecule has 0 radical (unpaired) electrons. The van der Waals surface area contributed by atoms with Crippen LogP contribution in [0.1, 0.15) is 36.3 Å². The van der Waals surface area contributed by atoms with E-state index in [4.69, 9.17) is 9.37 Å². The molecular weight excluding hydrogens is 450 g/mol. The lowest BCUT2D eigenvalue weighted by atomic mass is 9.76. The molecule has 0 spiro atoms. The molecule has 0 aliphatic carbocycles. The predicted molar refractivity (Wildman–Crippen MR) is 129 cm³/mol. The molecule has 3 heterocycles. The highest BCUT2D eigenvalue weighted by Crippen LogP contribution is 2.46. The topological polar surface area (TPSA) is 115 Å². The number of nitro groups is 1. The molecule has 10 nitrogen and oxygen atoms in total. The largest absolute Gasteiger partial charge is 0.464 e. The number of hydrogen-bond donors (Lipinski definition) is 0. The van der Waals surface area contributed by atoms with Crippen LogP contribution >= 0.6 is 0 Å². The van der Waals surface area contributed by atoms with Crippen molar-refractivity contribution < 1.29 is 19.1 Å². The zero-order valence-corrected chi connectivity index (χ0v) is 20.1. The minimum absolute atomic E-state index is 0.0957. The first-order valence-corrected chi connectivity index (χ1v) is 11.9. The summed E-state index contributed by atoms with van der Waals surface area (Å²) in [6, 6.07) is 12.2. The van der Waals surface area contributed by atoms with Gasteiger partial charge in [-0.15, -0.1) is 0 Å². The number of piperidine rings is 1. The summed E-state index contributed by atoms with van der Waals surface area (Å²) in [5, 5.41) is 18.8. The smallest absolute Gasteiger partial charge is 0.311 e. The summed E-state index contributed by atoms with van der Waals surface area (Å²) in [5.74, 6) is -0.235. The Bertz CT molecular complexity index is 1240. The highest BCUT2D eigenvalue weighted by atomic mass is 16.6. The zero-order chi connectivity index (χ0) is 24.7. The quantitative estimate of drug-likeness (QED) is 0.284. The number of nitro benzene ring substituents is 1. The number of anilines is 1. The maximum atomic E-state index is 13.4. The maximum absolute atomic E-state index is 13.4. The lowest BCUT2D eigenvalue weighted by Gasteiger charge is -2.42. The Kier molecular flexibility index (Phi) is 6.14. The molecule has 0 amide bonds. The number of esters is 1. The average Bonchev–Trinajstić information content (AvgIpc) is 3.40. The third-order valence-electron chi connectivity index (χ3n) is 7.70. The van der Waals surface area contributed by atoms with Gasteiger partial charge in [-0.1, -0.05) is 29.8 Å². The minimum Gasteiger partial charge on any atom is -0.464 e. The second-order valence-electron chi connectivity index (χ2n) is 9.65. The maximum Gasteiger partial charge on any atom is 0.311 e. The molecule has 0 unspecified atom stereocenters. The van der Waals surface area contributed by atoms with E-state index >= 15 is 0 Å². The minimum atomic E-state index is -0.517. The van der Waals surface area contributed by atoms with Crippen LogP contribution in [-0.4, -0.2) is 65.4 Å². The average molecular weight is 480 g/mol. The first kappa shape index (κ1) is 23.2. The second kappa shape index (κ2) is 9.26. The zero-order valence-electron chi connectivity index (χ0n) is 20.1. The van der Waals surface area contributed by atoms with Gasteiger partial charge in [-0.3, -0.25) is 19.8 Å². The lowest BCUT2D eigenvalue weighted by Crippen LogP contribution is -2.49. The molecule has 2 fully saturated rings. The predicted octanol–water partition coefficient (Wildman–Crippen LogP) is 3.69. The summed E-state index contributed by atoms with van der Waals surface area (Å²) < 4.78 is 10.6. The van der Waals surface area contributed by atoms with Crippen molar-refractivity contribution in [1.29, 1.82) is 0 Å². The van der Waals surface area contributed by atoms with Crippen molar-refractivity contribution in [2.45, 2.75) is 44.2 Å². The van der Waals surface area contributed by atoms with Crippen molar-refractivity contribution >= 4 is 28.4 Å². The number of aryl methyl sites for hydroxylation is 1. The van der Waals surface area contributed by atoms with Gasteiger partial charge < -0.3 is 9.64 Å². The molecule has 2 bridgehead atoms. The van der Waals surface area contributed by atoms with Gasteiger partial charge in [0.25, 0.3) is 0 Å². The van der Waals surface area contributed by atoms with Crippen molar-refractivity contribution in [3.63, 3.8) is 0 Å². The molecule has 0 saturated carbocycles. The molecule has 2 aliphatic rings. The monoisotopic (exact) mass is 479 g/mol. The highest BCUT2D eigenvalue weighted by molar-refractivity contribution is 5.93. The van der Waals surface area contributed by atoms with Gasteiger partial charge in [0.2, 0.25) is 5.52 Å². The van der Waals surface area contributed by atoms with Crippen LogP contribution in [0.2, 0.25) is 0 Å². The Labute approximate surface area is 202 Å². The Morgan fingerprint density at radius 3 is 2.69 bits per heavy atom. The third-order valence-corrected chi connectivity index (χ3v) is 7.70. The number of fused-ring (bicyclic) bond motifs is 3. The van der Waals surface area contributed by atoms with Gasteiger partial charge in [0.1, 0.15) is 6.61 Å². The van der Waals surface area contributed by atoms with Gasteiger partial charge in [-0.2, -0.15) is 0 Å². The molecular formula is C25H29N5O5. The molecule has 3 aromatic rings. The van der Waals surface area contributed by atoms with Crippen LogP contribution in [0.4, 0.5) is 11.4 Å². The highest BCUT2D eigenvalue weighted by Gasteiger charge is 2.49. The number of nitrogens with zero attached hydrogens (tertiary/aromatic N) is 5. The van der Waals surface area contributed by atoms with Crippen molar-refractivity contribution in [2.75, 3.05) is 32.1 Å². The summed E-state index contributed by atoms with van der Waals surface area (Å²) in [6.07, 6.45) is 3.07. The van der Waals surface area contributed by atoms with Crippen LogP contribution in [0.5, 0.6) is 0 Å². The van der Waals surface area contributed by atoms with Crippen molar-refractivity contribution in [2.24, 2.45) is 5.92 Å². The Morgan fingerprint density at radius 2 is 1.94 bits per heavy atom. The summed E-state index contributed by atoms with van der Waals surface area (Å²) in [6.45, 7) is 2.66. The standard InChI is InChI=1S/C25H29N5O5/c1-15-4-6-16(7-5-15)18-14-17-8-9-19(29(17)3)22(18)25(31)34-13-12-28(2)20-10-11-21(30(32)33)24-23(20)26-35-27-24/h4-7,10-11,17-19,22H,8-9,12-14H2,1-3H3/t17-,18+,19+,22-/m0/s1. The van der Waals surface area contributed by atoms with Crippen molar-refractivity contribution in [3.05, 3.63) is 57.6 Å². The van der Waals surface area contributed by atoms with Gasteiger partial charge in [-0.05, 0) is 55.2 Å². The van der Waals surface area contributed by atoms with Crippen molar-refractivity contribution in [1.82, 2.24) is 15.2 Å². The Hall–Kier alpha value is -3.53. The second-order valence-corrected chi connectivity index (χ2v) is 9.65. The molecule has 5 rings (SSSR count). The fraction of sp³-hybridized carbons (Fsp3) is 0.480. The van der Waals surface area contributed by atoms with E-state index in [0.717, 1.165) is 19.3 Å². The lowest BCUT2D eigenvalue weighted by molar-refractivity contribution is -0.383. The van der Waals surface area contributed by atoms with Crippen LogP contribution in [0, 0.1) is 23.0 Å². The number of likely N-dealkylation sites (N-methyl/N-ethyl adjacent to an activating group) is 1. The molecule has 0 N–H and O–H groups in total. The number of hydrogen-bond acceptors (Lipinski definition) is 9. The molecule has 35 heavy (non-hydrogen) atoms. The molecule has 2 aliphatic heterocycles. The van der Waals surface area contributed by atoms with Crippen LogP contribution < -0.4 is 4.90 Å². The van der Waals surface area contributed by atoms with Crippen LogP contribution in [0.25, 0.3) is 11.0 Å². The summed E-state index contributed by atoms with van der Waals surface area (Å²) in [5.41, 5.74) is 3.26. The van der Waals surface area contributed by atoms with E-state index in [1.165, 1.54) is 17.2 Å². The van der Waals surface area contributed by atoms with E-state index in [1.807, 2.05) is 11.9 Å². The normalized spacial score (nSPS) is 24.0. The van der Waals surface area contributed by atoms with E-state index in [0.29, 0.717) is 23.8 Å². The van der Waals surface area contributed by atoms with Crippen LogP contribution in [0.3, 0.4) is 0 Å². The van der Waals surface area contributed by atoms with Gasteiger partial charge in [0.15, 0.2) is 5.52 Å². The fourth-order valence-corrected chi connectivity index (χ4v) is 5.74. The van der Waals surface area contributed by atoms with Crippen LogP contribution in [-0.2, 0) is 9.53 Å². The van der Waals surface area contributed by atoms with E-state index in [9.17, 15) is 14.9 Å². The van der Waals surface area contributed by atoms with Gasteiger partial charge >= 0.3 is 11.7 Å². The number of ether oxygens (including phenoxy) is 1. The number of carbonyl (C=O) groups excluding carboxylic acids is 1. The SMILES string of the molecule is Cc1ccc([C@H]2C[C@@H]3CC[C@H]([C@H]2C(=O)OCCN(C)c2ccc([N+](=O)[O-])c4nonc24)N3C)cc1. The van der Waals surface area contributed by atoms with Crippen LogP contribution in [0.15, 0.2) is 41.0 Å². The third kappa shape index (κ3) is 4.22. The first-order chi connectivity index (χ1) is 16.8. The molecule has 10 heteroatoms. The molecule has 1 aromatic heterocycles. The van der Waals surface area contributed by atoms with E-state index < -0.39 is 4.92 Å². The van der Waals surface area contributed by atoms with E-state index in [-0.39, 0.29) is 41.7 Å². The van der Waals surface area contributed by atoms with Crippen molar-refractivity contribution in [3.8, 4) is 0 Å². The molecule has 2 saturated heterocycles.